The van der Waals surface area contributed by atoms with Crippen LogP contribution in [0.4, 0.5) is 0 Å². The van der Waals surface area contributed by atoms with Crippen LogP contribution in [-0.2, 0) is 4.79 Å². The third-order valence-corrected chi connectivity index (χ3v) is 1.25. The second-order valence-electron chi connectivity index (χ2n) is 1.87. The highest BCUT2D eigenvalue weighted by Gasteiger charge is 1.95. The number of carbonyl (C=O) groups is 1. The highest BCUT2D eigenvalue weighted by Crippen LogP contribution is 2.15. The van der Waals surface area contributed by atoms with Crippen molar-refractivity contribution in [3.63, 3.8) is 0 Å². The van der Waals surface area contributed by atoms with Crippen LogP contribution in [0, 0.1) is 0 Å². The number of carboxylic acid groups (broad SMARTS) is 1. The summed E-state index contributed by atoms with van der Waals surface area (Å²) in [5, 5.41) is 6.89. The largest absolute Gasteiger partial charge is 0.483 e. The highest BCUT2D eigenvalue weighted by atomic mass is 16.3. The minimum atomic E-state index is -0.250. The molecular formula is C8H18O2. The molecule has 0 unspecified atom stereocenters. The number of hydrogen-bond acceptors (Lipinski definition) is 1. The van der Waals surface area contributed by atoms with Gasteiger partial charge in [-0.1, -0.05) is 46.0 Å². The van der Waals surface area contributed by atoms with Gasteiger partial charge in [-0.05, 0) is 0 Å². The molecule has 1 aliphatic carbocycles. The molecule has 1 N–H and O–H groups in total. The fourth-order valence-electron chi connectivity index (χ4n) is 0.884. The minimum absolute atomic E-state index is 0.250. The lowest BCUT2D eigenvalue weighted by Gasteiger charge is -1.67. The molecule has 0 atom stereocenters. The second-order valence-corrected chi connectivity index (χ2v) is 1.87. The Morgan fingerprint density at radius 3 is 1.20 bits per heavy atom. The summed E-state index contributed by atoms with van der Waals surface area (Å²) in [6.45, 7) is 3.75. The van der Waals surface area contributed by atoms with Gasteiger partial charge in [0.05, 0.1) is 0 Å². The minimum Gasteiger partial charge on any atom is -0.483 e. The summed E-state index contributed by atoms with van der Waals surface area (Å²) in [4.78, 5) is 8.36. The summed E-state index contributed by atoms with van der Waals surface area (Å²) in [6, 6.07) is 0. The van der Waals surface area contributed by atoms with Gasteiger partial charge in [-0.3, -0.25) is 4.79 Å². The van der Waals surface area contributed by atoms with E-state index in [0.29, 0.717) is 0 Å². The average Bonchev–Trinajstić information content (AvgIpc) is 2.48. The first-order valence-electron chi connectivity index (χ1n) is 3.99. The summed E-state index contributed by atoms with van der Waals surface area (Å²) >= 11 is 0. The van der Waals surface area contributed by atoms with E-state index in [-0.39, 0.29) is 6.47 Å². The van der Waals surface area contributed by atoms with Crippen LogP contribution in [0.5, 0.6) is 0 Å². The van der Waals surface area contributed by atoms with Crippen molar-refractivity contribution in [3.8, 4) is 0 Å². The van der Waals surface area contributed by atoms with Crippen LogP contribution >= 0.6 is 0 Å². The van der Waals surface area contributed by atoms with Crippen molar-refractivity contribution in [1.29, 1.82) is 0 Å². The molecule has 0 heterocycles. The lowest BCUT2D eigenvalue weighted by atomic mass is 10.4. The predicted molar refractivity (Wildman–Crippen MR) is 43.1 cm³/mol. The van der Waals surface area contributed by atoms with Crippen LogP contribution in [0.1, 0.15) is 46.0 Å². The molecule has 0 spiro atoms. The fraction of sp³-hybridized carbons (Fsp3) is 0.875. The standard InChI is InChI=1S/C5H10.C2H6.CH2O2/c1-2-4-5-3-1;1-2;2-1-3/h1-5H2;1-2H3;1H,(H,2,3). The Morgan fingerprint density at radius 1 is 1.00 bits per heavy atom. The first-order valence-corrected chi connectivity index (χ1v) is 3.99. The Bertz CT molecular complexity index is 41.6. The fourth-order valence-corrected chi connectivity index (χ4v) is 0.884. The Hall–Kier alpha value is -0.530. The molecule has 62 valence electrons. The second kappa shape index (κ2) is 15.8. The first kappa shape index (κ1) is 12.2. The van der Waals surface area contributed by atoms with Crippen LogP contribution in [0.2, 0.25) is 0 Å². The van der Waals surface area contributed by atoms with Crippen molar-refractivity contribution >= 4 is 6.47 Å². The third-order valence-electron chi connectivity index (χ3n) is 1.25. The van der Waals surface area contributed by atoms with Crippen LogP contribution in [0.15, 0.2) is 0 Å². The van der Waals surface area contributed by atoms with Crippen molar-refractivity contribution in [2.45, 2.75) is 46.0 Å². The van der Waals surface area contributed by atoms with Gasteiger partial charge in [-0.15, -0.1) is 0 Å². The molecule has 0 aromatic heterocycles. The monoisotopic (exact) mass is 146 g/mol. The zero-order valence-electron chi connectivity index (χ0n) is 6.97. The molecule has 0 bridgehead atoms. The molecular weight excluding hydrogens is 128 g/mol. The van der Waals surface area contributed by atoms with Gasteiger partial charge < -0.3 is 5.11 Å². The van der Waals surface area contributed by atoms with Crippen molar-refractivity contribution < 1.29 is 9.90 Å². The highest BCUT2D eigenvalue weighted by molar-refractivity contribution is 5.32. The van der Waals surface area contributed by atoms with E-state index < -0.39 is 0 Å². The summed E-state index contributed by atoms with van der Waals surface area (Å²) in [5.74, 6) is 0. The molecule has 0 aliphatic heterocycles. The molecule has 0 aromatic rings. The Labute approximate surface area is 63.3 Å². The van der Waals surface area contributed by atoms with E-state index in [9.17, 15) is 0 Å². The topological polar surface area (TPSA) is 37.3 Å². The van der Waals surface area contributed by atoms with E-state index in [2.05, 4.69) is 0 Å². The predicted octanol–water partition coefficient (Wildman–Crippen LogP) is 2.68. The van der Waals surface area contributed by atoms with Crippen LogP contribution in [0.25, 0.3) is 0 Å². The number of rotatable bonds is 0. The van der Waals surface area contributed by atoms with Crippen molar-refractivity contribution in [2.24, 2.45) is 0 Å². The van der Waals surface area contributed by atoms with Gasteiger partial charge in [-0.25, -0.2) is 0 Å². The smallest absolute Gasteiger partial charge is 0.290 e. The molecule has 2 heteroatoms. The average molecular weight is 146 g/mol. The molecule has 0 radical (unpaired) electrons. The summed E-state index contributed by atoms with van der Waals surface area (Å²) in [7, 11) is 0. The van der Waals surface area contributed by atoms with Gasteiger partial charge in [0.1, 0.15) is 0 Å². The van der Waals surface area contributed by atoms with E-state index in [4.69, 9.17) is 9.90 Å². The Balaban J connectivity index is 0. The Morgan fingerprint density at radius 2 is 1.10 bits per heavy atom. The third kappa shape index (κ3) is 15.6. The normalized spacial score (nSPS) is 13.8. The molecule has 1 saturated carbocycles. The van der Waals surface area contributed by atoms with Gasteiger partial charge >= 0.3 is 0 Å². The number of hydrogen-bond donors (Lipinski definition) is 1. The summed E-state index contributed by atoms with van der Waals surface area (Å²) < 4.78 is 0. The quantitative estimate of drug-likeness (QED) is 0.533. The molecule has 0 aromatic carbocycles. The van der Waals surface area contributed by atoms with E-state index in [1.54, 1.807) is 0 Å². The van der Waals surface area contributed by atoms with Gasteiger partial charge in [0.2, 0.25) is 0 Å². The molecule has 2 nitrogen and oxygen atoms in total. The van der Waals surface area contributed by atoms with Crippen molar-refractivity contribution in [2.75, 3.05) is 0 Å². The van der Waals surface area contributed by atoms with Crippen LogP contribution in [-0.4, -0.2) is 11.6 Å². The zero-order chi connectivity index (χ0) is 8.24. The molecule has 10 heavy (non-hydrogen) atoms. The zero-order valence-corrected chi connectivity index (χ0v) is 6.97. The molecule has 1 aliphatic rings. The van der Waals surface area contributed by atoms with Crippen LogP contribution < -0.4 is 0 Å². The first-order chi connectivity index (χ1) is 4.91. The molecule has 1 fully saturated rings. The lowest BCUT2D eigenvalue weighted by molar-refractivity contribution is -0.122. The maximum atomic E-state index is 8.36. The van der Waals surface area contributed by atoms with Gasteiger partial charge in [0.15, 0.2) is 0 Å². The molecule has 1 rings (SSSR count). The van der Waals surface area contributed by atoms with Crippen LogP contribution in [0.3, 0.4) is 0 Å². The molecule has 0 amide bonds. The van der Waals surface area contributed by atoms with Crippen molar-refractivity contribution in [3.05, 3.63) is 0 Å². The maximum Gasteiger partial charge on any atom is 0.290 e. The van der Waals surface area contributed by atoms with E-state index in [0.717, 1.165) is 0 Å². The van der Waals surface area contributed by atoms with Gasteiger partial charge in [0, 0.05) is 0 Å². The SMILES string of the molecule is C1CCCC1.CC.O=CO. The van der Waals surface area contributed by atoms with E-state index in [1.165, 1.54) is 32.1 Å². The van der Waals surface area contributed by atoms with Crippen molar-refractivity contribution in [1.82, 2.24) is 0 Å². The van der Waals surface area contributed by atoms with E-state index >= 15 is 0 Å². The lowest BCUT2D eigenvalue weighted by Crippen LogP contribution is -1.49. The molecule has 0 saturated heterocycles. The summed E-state index contributed by atoms with van der Waals surface area (Å²) in [6.07, 6.45) is 7.50. The Kier molecular flexibility index (Phi) is 19.2. The summed E-state index contributed by atoms with van der Waals surface area (Å²) in [5.41, 5.74) is 0. The van der Waals surface area contributed by atoms with Gasteiger partial charge in [0.25, 0.3) is 6.47 Å². The van der Waals surface area contributed by atoms with E-state index in [1.807, 2.05) is 13.8 Å². The maximum absolute atomic E-state index is 8.36. The van der Waals surface area contributed by atoms with Gasteiger partial charge in [-0.2, -0.15) is 0 Å².